The zero-order chi connectivity index (χ0) is 15.5. The van der Waals surface area contributed by atoms with Gasteiger partial charge in [0.05, 0.1) is 12.8 Å². The van der Waals surface area contributed by atoms with Crippen LogP contribution < -0.4 is 19.7 Å². The number of ether oxygens (including phenoxy) is 2. The number of piperidine rings is 1. The van der Waals surface area contributed by atoms with Gasteiger partial charge in [-0.15, -0.1) is 13.2 Å². The van der Waals surface area contributed by atoms with E-state index < -0.39 is 6.36 Å². The van der Waals surface area contributed by atoms with Gasteiger partial charge >= 0.3 is 6.36 Å². The molecule has 2 rings (SSSR count). The zero-order valence-electron chi connectivity index (χ0n) is 12.0. The molecule has 7 heteroatoms. The molecule has 0 bridgehead atoms. The summed E-state index contributed by atoms with van der Waals surface area (Å²) < 4.78 is 46.2. The van der Waals surface area contributed by atoms with E-state index in [-0.39, 0.29) is 11.8 Å². The van der Waals surface area contributed by atoms with E-state index >= 15 is 0 Å². The van der Waals surface area contributed by atoms with Crippen molar-refractivity contribution in [1.82, 2.24) is 5.32 Å². The number of nitrogens with zero attached hydrogens (tertiary/aromatic N) is 1. The van der Waals surface area contributed by atoms with Crippen molar-refractivity contribution in [2.45, 2.75) is 25.2 Å². The molecule has 1 aliphatic rings. The van der Waals surface area contributed by atoms with Crippen molar-refractivity contribution in [3.63, 3.8) is 0 Å². The lowest BCUT2D eigenvalue weighted by Gasteiger charge is -2.34. The Balaban J connectivity index is 2.24. The summed E-state index contributed by atoms with van der Waals surface area (Å²) in [5.41, 5.74) is 0.591. The fourth-order valence-electron chi connectivity index (χ4n) is 2.50. The number of benzene rings is 1. The van der Waals surface area contributed by atoms with Crippen LogP contribution in [0.15, 0.2) is 18.2 Å². The highest BCUT2D eigenvalue weighted by molar-refractivity contribution is 5.62. The molecule has 1 aliphatic heterocycles. The van der Waals surface area contributed by atoms with Gasteiger partial charge in [0.25, 0.3) is 0 Å². The van der Waals surface area contributed by atoms with Crippen LogP contribution in [0, 0.1) is 0 Å². The topological polar surface area (TPSA) is 33.7 Å². The molecule has 1 heterocycles. The van der Waals surface area contributed by atoms with Crippen molar-refractivity contribution in [1.29, 1.82) is 0 Å². The molecule has 1 fully saturated rings. The van der Waals surface area contributed by atoms with Crippen LogP contribution in [0.2, 0.25) is 0 Å². The molecule has 1 aromatic rings. The number of hydrogen-bond acceptors (Lipinski definition) is 4. The van der Waals surface area contributed by atoms with E-state index in [1.165, 1.54) is 25.3 Å². The van der Waals surface area contributed by atoms with Crippen molar-refractivity contribution in [2.75, 3.05) is 32.1 Å². The van der Waals surface area contributed by atoms with E-state index in [1.54, 1.807) is 0 Å². The van der Waals surface area contributed by atoms with Crippen LogP contribution in [0.5, 0.6) is 11.5 Å². The van der Waals surface area contributed by atoms with Crippen LogP contribution in [-0.4, -0.2) is 39.7 Å². The molecule has 1 atom stereocenters. The van der Waals surface area contributed by atoms with Crippen LogP contribution in [0.1, 0.15) is 12.8 Å². The van der Waals surface area contributed by atoms with Crippen molar-refractivity contribution < 1.29 is 22.6 Å². The standard InChI is InChI=1S/C14H19F3N2O2/c1-19(10-4-3-7-18-9-10)12-8-11(21-14(15,16)17)5-6-13(12)20-2/h5-6,8,10,18H,3-4,7,9H2,1-2H3. The second kappa shape index (κ2) is 6.43. The summed E-state index contributed by atoms with van der Waals surface area (Å²) in [6.45, 7) is 1.77. The average molecular weight is 304 g/mol. The van der Waals surface area contributed by atoms with Crippen LogP contribution in [0.3, 0.4) is 0 Å². The van der Waals surface area contributed by atoms with Crippen molar-refractivity contribution in [3.05, 3.63) is 18.2 Å². The first-order valence-electron chi connectivity index (χ1n) is 6.78. The molecular weight excluding hydrogens is 285 g/mol. The molecule has 1 aromatic carbocycles. The van der Waals surface area contributed by atoms with Crippen molar-refractivity contribution >= 4 is 5.69 Å². The molecule has 0 spiro atoms. The highest BCUT2D eigenvalue weighted by Crippen LogP contribution is 2.35. The van der Waals surface area contributed by atoms with Gasteiger partial charge in [0.2, 0.25) is 0 Å². The minimum absolute atomic E-state index is 0.216. The Bertz CT molecular complexity index is 474. The lowest BCUT2D eigenvalue weighted by molar-refractivity contribution is -0.274. The maximum Gasteiger partial charge on any atom is 0.573 e. The molecule has 21 heavy (non-hydrogen) atoms. The molecule has 1 N–H and O–H groups in total. The van der Waals surface area contributed by atoms with Crippen LogP contribution in [0.25, 0.3) is 0 Å². The Morgan fingerprint density at radius 2 is 2.10 bits per heavy atom. The van der Waals surface area contributed by atoms with Gasteiger partial charge in [0, 0.05) is 25.7 Å². The number of nitrogens with one attached hydrogen (secondary N) is 1. The predicted octanol–water partition coefficient (Wildman–Crippen LogP) is 2.78. The fraction of sp³-hybridized carbons (Fsp3) is 0.571. The summed E-state index contributed by atoms with van der Waals surface area (Å²) in [5.74, 6) is 0.284. The smallest absolute Gasteiger partial charge is 0.495 e. The molecule has 0 aliphatic carbocycles. The normalized spacial score (nSPS) is 19.2. The van der Waals surface area contributed by atoms with Gasteiger partial charge in [-0.25, -0.2) is 0 Å². The molecular formula is C14H19F3N2O2. The third kappa shape index (κ3) is 4.17. The Hall–Kier alpha value is -1.63. The van der Waals surface area contributed by atoms with Gasteiger partial charge in [0.1, 0.15) is 11.5 Å². The number of hydrogen-bond donors (Lipinski definition) is 1. The highest BCUT2D eigenvalue weighted by Gasteiger charge is 2.31. The number of likely N-dealkylation sites (N-methyl/N-ethyl adjacent to an activating group) is 1. The Morgan fingerprint density at radius 3 is 2.67 bits per heavy atom. The predicted molar refractivity (Wildman–Crippen MR) is 74.0 cm³/mol. The van der Waals surface area contributed by atoms with E-state index in [1.807, 2.05) is 11.9 Å². The minimum Gasteiger partial charge on any atom is -0.495 e. The Kier molecular flexibility index (Phi) is 4.82. The monoisotopic (exact) mass is 304 g/mol. The average Bonchev–Trinajstić information content (AvgIpc) is 2.45. The Morgan fingerprint density at radius 1 is 1.33 bits per heavy atom. The highest BCUT2D eigenvalue weighted by atomic mass is 19.4. The van der Waals surface area contributed by atoms with Crippen LogP contribution >= 0.6 is 0 Å². The first kappa shape index (κ1) is 15.8. The molecule has 4 nitrogen and oxygen atoms in total. The first-order valence-corrected chi connectivity index (χ1v) is 6.78. The van der Waals surface area contributed by atoms with E-state index in [9.17, 15) is 13.2 Å². The molecule has 0 radical (unpaired) electrons. The number of anilines is 1. The summed E-state index contributed by atoms with van der Waals surface area (Å²) in [6, 6.07) is 4.32. The van der Waals surface area contributed by atoms with Crippen LogP contribution in [-0.2, 0) is 0 Å². The summed E-state index contributed by atoms with van der Waals surface area (Å²) in [6.07, 6.45) is -2.68. The second-order valence-electron chi connectivity index (χ2n) is 4.99. The molecule has 0 aromatic heterocycles. The Labute approximate surface area is 121 Å². The van der Waals surface area contributed by atoms with E-state index in [2.05, 4.69) is 10.1 Å². The number of halogens is 3. The molecule has 0 amide bonds. The molecule has 118 valence electrons. The third-order valence-electron chi connectivity index (χ3n) is 3.58. The lowest BCUT2D eigenvalue weighted by atomic mass is 10.1. The van der Waals surface area contributed by atoms with E-state index in [4.69, 9.17) is 4.74 Å². The third-order valence-corrected chi connectivity index (χ3v) is 3.58. The summed E-state index contributed by atoms with van der Waals surface area (Å²) >= 11 is 0. The van der Waals surface area contributed by atoms with Gasteiger partial charge in [-0.05, 0) is 31.5 Å². The largest absolute Gasteiger partial charge is 0.573 e. The summed E-state index contributed by atoms with van der Waals surface area (Å²) in [5, 5.41) is 3.28. The number of rotatable bonds is 4. The molecule has 1 saturated heterocycles. The first-order chi connectivity index (χ1) is 9.90. The van der Waals surface area contributed by atoms with Crippen molar-refractivity contribution in [2.24, 2.45) is 0 Å². The quantitative estimate of drug-likeness (QED) is 0.927. The lowest BCUT2D eigenvalue weighted by Crippen LogP contribution is -2.44. The van der Waals surface area contributed by atoms with Crippen LogP contribution in [0.4, 0.5) is 18.9 Å². The SMILES string of the molecule is COc1ccc(OC(F)(F)F)cc1N(C)C1CCCNC1. The van der Waals surface area contributed by atoms with Gasteiger partial charge < -0.3 is 19.7 Å². The van der Waals surface area contributed by atoms with Gasteiger partial charge in [0.15, 0.2) is 0 Å². The zero-order valence-corrected chi connectivity index (χ0v) is 12.0. The number of alkyl halides is 3. The number of methoxy groups -OCH3 is 1. The summed E-state index contributed by atoms with van der Waals surface area (Å²) in [7, 11) is 3.35. The van der Waals surface area contributed by atoms with Crippen molar-refractivity contribution in [3.8, 4) is 11.5 Å². The molecule has 0 saturated carbocycles. The fourth-order valence-corrected chi connectivity index (χ4v) is 2.50. The van der Waals surface area contributed by atoms with Gasteiger partial charge in [-0.2, -0.15) is 0 Å². The van der Waals surface area contributed by atoms with E-state index in [0.29, 0.717) is 11.4 Å². The second-order valence-corrected chi connectivity index (χ2v) is 4.99. The van der Waals surface area contributed by atoms with Gasteiger partial charge in [-0.3, -0.25) is 0 Å². The maximum absolute atomic E-state index is 12.3. The summed E-state index contributed by atoms with van der Waals surface area (Å²) in [4.78, 5) is 1.94. The molecule has 1 unspecified atom stereocenters. The maximum atomic E-state index is 12.3. The van der Waals surface area contributed by atoms with Gasteiger partial charge in [-0.1, -0.05) is 0 Å². The minimum atomic E-state index is -4.70. The van der Waals surface area contributed by atoms with E-state index in [0.717, 1.165) is 25.9 Å².